The van der Waals surface area contributed by atoms with Crippen molar-refractivity contribution in [2.75, 3.05) is 0 Å². The Morgan fingerprint density at radius 3 is 2.49 bits per heavy atom. The van der Waals surface area contributed by atoms with Gasteiger partial charge in [0.25, 0.3) is 5.89 Å². The second kappa shape index (κ2) is 8.75. The van der Waals surface area contributed by atoms with Crippen LogP contribution in [0.25, 0.3) is 44.9 Å². The quantitative estimate of drug-likeness (QED) is 0.337. The molecule has 0 amide bonds. The smallest absolute Gasteiger partial charge is 0.417 e. The molecule has 0 spiro atoms. The van der Waals surface area contributed by atoms with Gasteiger partial charge in [0, 0.05) is 47.2 Å². The Hall–Kier alpha value is -4.40. The predicted molar refractivity (Wildman–Crippen MR) is 121 cm³/mol. The Kier molecular flexibility index (Phi) is 5.60. The van der Waals surface area contributed by atoms with Gasteiger partial charge in [0.15, 0.2) is 0 Å². The Morgan fingerprint density at radius 1 is 0.943 bits per heavy atom. The number of aliphatic carboxylic acids is 1. The van der Waals surface area contributed by atoms with Crippen LogP contribution < -0.4 is 5.11 Å². The fraction of sp³-hybridized carbons (Fsp3) is 0.115. The van der Waals surface area contributed by atoms with Crippen molar-refractivity contribution in [2.45, 2.75) is 19.1 Å². The molecule has 0 aliphatic heterocycles. The van der Waals surface area contributed by atoms with E-state index < -0.39 is 17.7 Å². The van der Waals surface area contributed by atoms with Crippen LogP contribution >= 0.6 is 0 Å². The van der Waals surface area contributed by atoms with Gasteiger partial charge in [-0.05, 0) is 35.4 Å². The zero-order valence-corrected chi connectivity index (χ0v) is 18.1. The van der Waals surface area contributed by atoms with Gasteiger partial charge < -0.3 is 19.0 Å². The SMILES string of the molecule is O=C([O-])CCn1ccc2c(-c3noc(-c4ccc(-c5ccccc5)c(C(F)(F)F)c4)n3)cccc21. The summed E-state index contributed by atoms with van der Waals surface area (Å²) in [7, 11) is 0. The zero-order chi connectivity index (χ0) is 24.6. The van der Waals surface area contributed by atoms with Gasteiger partial charge in [-0.25, -0.2) is 0 Å². The van der Waals surface area contributed by atoms with Crippen LogP contribution in [0.4, 0.5) is 13.2 Å². The zero-order valence-electron chi connectivity index (χ0n) is 18.1. The lowest BCUT2D eigenvalue weighted by Gasteiger charge is -2.14. The van der Waals surface area contributed by atoms with E-state index in [1.165, 1.54) is 12.1 Å². The van der Waals surface area contributed by atoms with Crippen molar-refractivity contribution < 1.29 is 27.6 Å². The number of hydrogen-bond donors (Lipinski definition) is 0. The summed E-state index contributed by atoms with van der Waals surface area (Å²) in [5.74, 6) is -0.982. The van der Waals surface area contributed by atoms with E-state index in [0.29, 0.717) is 11.1 Å². The molecule has 2 aromatic heterocycles. The first-order valence-electron chi connectivity index (χ1n) is 10.7. The number of alkyl halides is 3. The molecule has 5 aromatic rings. The molecule has 0 bridgehead atoms. The Balaban J connectivity index is 1.53. The lowest BCUT2D eigenvalue weighted by Crippen LogP contribution is -2.23. The molecule has 9 heteroatoms. The molecule has 6 nitrogen and oxygen atoms in total. The summed E-state index contributed by atoms with van der Waals surface area (Å²) in [6.07, 6.45) is -2.97. The van der Waals surface area contributed by atoms with E-state index in [2.05, 4.69) is 10.1 Å². The molecule has 0 aliphatic rings. The number of carbonyl (C=O) groups excluding carboxylic acids is 1. The Labute approximate surface area is 197 Å². The van der Waals surface area contributed by atoms with Crippen molar-refractivity contribution in [1.29, 1.82) is 0 Å². The molecule has 0 unspecified atom stereocenters. The number of halogens is 3. The first kappa shape index (κ1) is 22.4. The number of fused-ring (bicyclic) bond motifs is 1. The number of carbonyl (C=O) groups is 1. The number of nitrogens with zero attached hydrogens (tertiary/aromatic N) is 3. The van der Waals surface area contributed by atoms with Crippen LogP contribution in [0, 0.1) is 0 Å². The van der Waals surface area contributed by atoms with Gasteiger partial charge in [0.1, 0.15) is 0 Å². The lowest BCUT2D eigenvalue weighted by atomic mass is 9.97. The van der Waals surface area contributed by atoms with Gasteiger partial charge in [0.2, 0.25) is 5.82 Å². The largest absolute Gasteiger partial charge is 0.550 e. The molecule has 3 aromatic carbocycles. The van der Waals surface area contributed by atoms with E-state index in [1.54, 1.807) is 59.3 Å². The number of aromatic nitrogens is 3. The van der Waals surface area contributed by atoms with E-state index in [0.717, 1.165) is 17.0 Å². The fourth-order valence-electron chi connectivity index (χ4n) is 4.06. The monoisotopic (exact) mass is 476 g/mol. The first-order chi connectivity index (χ1) is 16.8. The molecule has 0 atom stereocenters. The Morgan fingerprint density at radius 2 is 1.74 bits per heavy atom. The van der Waals surface area contributed by atoms with E-state index in [4.69, 9.17) is 4.52 Å². The van der Waals surface area contributed by atoms with Crippen LogP contribution in [0.1, 0.15) is 12.0 Å². The summed E-state index contributed by atoms with van der Waals surface area (Å²) in [5, 5.41) is 15.6. The predicted octanol–water partition coefficient (Wildman–Crippen LogP) is 5.18. The lowest BCUT2D eigenvalue weighted by molar-refractivity contribution is -0.305. The summed E-state index contributed by atoms with van der Waals surface area (Å²) in [4.78, 5) is 15.2. The van der Waals surface area contributed by atoms with Gasteiger partial charge in [-0.2, -0.15) is 18.2 Å². The number of rotatable bonds is 6. The average molecular weight is 476 g/mol. The highest BCUT2D eigenvalue weighted by Crippen LogP contribution is 2.39. The maximum atomic E-state index is 13.9. The Bertz CT molecular complexity index is 1520. The normalized spacial score (nSPS) is 11.7. The number of benzene rings is 3. The summed E-state index contributed by atoms with van der Waals surface area (Å²) < 4.78 is 48.7. The third-order valence-corrected chi connectivity index (χ3v) is 5.69. The fourth-order valence-corrected chi connectivity index (χ4v) is 4.06. The molecule has 176 valence electrons. The molecule has 0 aliphatic carbocycles. The van der Waals surface area contributed by atoms with Crippen LogP contribution in [0.15, 0.2) is 83.5 Å². The van der Waals surface area contributed by atoms with Gasteiger partial charge in [-0.15, -0.1) is 0 Å². The van der Waals surface area contributed by atoms with Crippen LogP contribution in [0.5, 0.6) is 0 Å². The minimum atomic E-state index is -4.58. The van der Waals surface area contributed by atoms with E-state index >= 15 is 0 Å². The van der Waals surface area contributed by atoms with Crippen molar-refractivity contribution in [3.8, 4) is 34.0 Å². The van der Waals surface area contributed by atoms with Crippen LogP contribution in [-0.4, -0.2) is 20.7 Å². The van der Waals surface area contributed by atoms with Crippen LogP contribution in [-0.2, 0) is 17.5 Å². The topological polar surface area (TPSA) is 84.0 Å². The summed E-state index contributed by atoms with van der Waals surface area (Å²) in [5.41, 5.74) is 1.24. The average Bonchev–Trinajstić information content (AvgIpc) is 3.50. The highest BCUT2D eigenvalue weighted by atomic mass is 19.4. The van der Waals surface area contributed by atoms with Crippen molar-refractivity contribution in [3.05, 3.63) is 84.6 Å². The first-order valence-corrected chi connectivity index (χ1v) is 10.7. The van der Waals surface area contributed by atoms with Crippen LogP contribution in [0.2, 0.25) is 0 Å². The second-order valence-corrected chi connectivity index (χ2v) is 7.92. The van der Waals surface area contributed by atoms with Crippen molar-refractivity contribution >= 4 is 16.9 Å². The standard InChI is InChI=1S/C26H18F3N3O3/c27-26(28,29)21-15-17(9-10-18(21)16-5-2-1-3-6-16)25-30-24(31-35-25)20-7-4-8-22-19(20)11-13-32(22)14-12-23(33)34/h1-11,13,15H,12,14H2,(H,33,34)/p-1. The van der Waals surface area contributed by atoms with Gasteiger partial charge in [-0.1, -0.05) is 53.7 Å². The molecule has 5 rings (SSSR count). The van der Waals surface area contributed by atoms with E-state index in [1.807, 2.05) is 6.07 Å². The van der Waals surface area contributed by atoms with E-state index in [-0.39, 0.29) is 35.8 Å². The number of carboxylic acid groups (broad SMARTS) is 1. The maximum absolute atomic E-state index is 13.9. The minimum absolute atomic E-state index is 0.0431. The molecule has 0 saturated heterocycles. The van der Waals surface area contributed by atoms with E-state index in [9.17, 15) is 23.1 Å². The highest BCUT2D eigenvalue weighted by Gasteiger charge is 2.34. The third-order valence-electron chi connectivity index (χ3n) is 5.69. The molecular formula is C26H17F3N3O3-. The maximum Gasteiger partial charge on any atom is 0.417 e. The van der Waals surface area contributed by atoms with Gasteiger partial charge in [-0.3, -0.25) is 0 Å². The number of hydrogen-bond acceptors (Lipinski definition) is 5. The summed E-state index contributed by atoms with van der Waals surface area (Å²) in [6, 6.07) is 19.4. The molecule has 35 heavy (non-hydrogen) atoms. The van der Waals surface area contributed by atoms with Crippen molar-refractivity contribution in [2.24, 2.45) is 0 Å². The second-order valence-electron chi connectivity index (χ2n) is 7.92. The van der Waals surface area contributed by atoms with Crippen LogP contribution in [0.3, 0.4) is 0 Å². The van der Waals surface area contributed by atoms with Crippen molar-refractivity contribution in [3.63, 3.8) is 0 Å². The molecule has 0 N–H and O–H groups in total. The summed E-state index contributed by atoms with van der Waals surface area (Å²) in [6.45, 7) is 0.237. The molecule has 0 radical (unpaired) electrons. The highest BCUT2D eigenvalue weighted by molar-refractivity contribution is 5.94. The number of aryl methyl sites for hydroxylation is 1. The van der Waals surface area contributed by atoms with Gasteiger partial charge >= 0.3 is 6.18 Å². The number of carboxylic acids is 1. The minimum Gasteiger partial charge on any atom is -0.550 e. The molecular weight excluding hydrogens is 459 g/mol. The summed E-state index contributed by atoms with van der Waals surface area (Å²) >= 11 is 0. The molecule has 2 heterocycles. The molecule has 0 fully saturated rings. The van der Waals surface area contributed by atoms with Gasteiger partial charge in [0.05, 0.1) is 5.56 Å². The van der Waals surface area contributed by atoms with Crippen molar-refractivity contribution in [1.82, 2.24) is 14.7 Å². The molecule has 0 saturated carbocycles. The third kappa shape index (κ3) is 4.40.